The monoisotopic (exact) mass is 481 g/mol. The largest absolute Gasteiger partial charge is 0.492 e. The average molecular weight is 482 g/mol. The molecule has 1 unspecified atom stereocenters. The number of fused-ring (bicyclic) bond motifs is 4. The summed E-state index contributed by atoms with van der Waals surface area (Å²) in [7, 11) is 0. The number of halogens is 2. The summed E-state index contributed by atoms with van der Waals surface area (Å²) in [5.74, 6) is 1.01. The second-order valence-corrected chi connectivity index (χ2v) is 11.0. The van der Waals surface area contributed by atoms with E-state index >= 15 is 4.39 Å². The Morgan fingerprint density at radius 3 is 2.80 bits per heavy atom. The van der Waals surface area contributed by atoms with Gasteiger partial charge in [-0.05, 0) is 57.4 Å². The van der Waals surface area contributed by atoms with Crippen LogP contribution in [0, 0.1) is 5.92 Å². The van der Waals surface area contributed by atoms with E-state index in [4.69, 9.17) is 4.74 Å². The molecule has 1 spiro atoms. The van der Waals surface area contributed by atoms with Crippen LogP contribution in [-0.2, 0) is 16.7 Å². The summed E-state index contributed by atoms with van der Waals surface area (Å²) in [5.41, 5.74) is 1.85. The van der Waals surface area contributed by atoms with Crippen molar-refractivity contribution in [1.29, 1.82) is 0 Å². The van der Waals surface area contributed by atoms with Crippen LogP contribution in [-0.4, -0.2) is 66.0 Å². The molecule has 3 heterocycles. The van der Waals surface area contributed by atoms with E-state index in [0.29, 0.717) is 13.2 Å². The Bertz CT molecular complexity index is 1140. The lowest BCUT2D eigenvalue weighted by molar-refractivity contribution is 0.0149. The van der Waals surface area contributed by atoms with Gasteiger partial charge < -0.3 is 9.72 Å². The molecule has 2 aromatic rings. The smallest absolute Gasteiger partial charge is 0.119 e. The number of nitrogens with zero attached hydrogens (tertiary/aromatic N) is 2. The lowest BCUT2D eigenvalue weighted by Gasteiger charge is -2.50. The molecular formula is C29H37F2N3O. The predicted octanol–water partition coefficient (Wildman–Crippen LogP) is 5.68. The Morgan fingerprint density at radius 2 is 2.03 bits per heavy atom. The number of ether oxygens (including phenoxy) is 1. The molecule has 0 radical (unpaired) electrons. The van der Waals surface area contributed by atoms with Crippen molar-refractivity contribution in [3.63, 3.8) is 0 Å². The minimum Gasteiger partial charge on any atom is -0.492 e. The van der Waals surface area contributed by atoms with E-state index < -0.39 is 11.2 Å². The number of benzene rings is 1. The molecule has 35 heavy (non-hydrogen) atoms. The molecule has 2 atom stereocenters. The van der Waals surface area contributed by atoms with Crippen molar-refractivity contribution in [2.24, 2.45) is 5.92 Å². The van der Waals surface area contributed by atoms with Gasteiger partial charge >= 0.3 is 0 Å². The fraction of sp³-hybridized carbons (Fsp3) is 0.517. The lowest BCUT2D eigenvalue weighted by Crippen LogP contribution is -2.57. The highest BCUT2D eigenvalue weighted by Crippen LogP contribution is 2.46. The number of rotatable bonds is 7. The van der Waals surface area contributed by atoms with E-state index in [0.717, 1.165) is 43.8 Å². The first kappa shape index (κ1) is 24.3. The van der Waals surface area contributed by atoms with Gasteiger partial charge in [-0.1, -0.05) is 36.4 Å². The van der Waals surface area contributed by atoms with Gasteiger partial charge in [-0.25, -0.2) is 4.39 Å². The average Bonchev–Trinajstić information content (AvgIpc) is 3.13. The van der Waals surface area contributed by atoms with E-state index in [1.165, 1.54) is 16.6 Å². The molecule has 0 amide bonds. The molecule has 188 valence electrons. The van der Waals surface area contributed by atoms with Crippen molar-refractivity contribution >= 4 is 10.9 Å². The van der Waals surface area contributed by atoms with Gasteiger partial charge in [0.05, 0.1) is 12.2 Å². The summed E-state index contributed by atoms with van der Waals surface area (Å²) in [6.45, 7) is 8.69. The van der Waals surface area contributed by atoms with E-state index in [-0.39, 0.29) is 18.6 Å². The fourth-order valence-corrected chi connectivity index (χ4v) is 5.95. The summed E-state index contributed by atoms with van der Waals surface area (Å²) in [6.07, 6.45) is 12.1. The van der Waals surface area contributed by atoms with Crippen LogP contribution in [0.25, 0.3) is 10.9 Å². The van der Waals surface area contributed by atoms with Gasteiger partial charge in [0.15, 0.2) is 0 Å². The maximum Gasteiger partial charge on any atom is 0.119 e. The molecule has 1 aromatic heterocycles. The normalized spacial score (nSPS) is 25.9. The van der Waals surface area contributed by atoms with Gasteiger partial charge in [-0.3, -0.25) is 14.2 Å². The summed E-state index contributed by atoms with van der Waals surface area (Å²) < 4.78 is 33.7. The van der Waals surface area contributed by atoms with E-state index in [1.54, 1.807) is 13.8 Å². The van der Waals surface area contributed by atoms with Crippen LogP contribution in [0.3, 0.4) is 0 Å². The van der Waals surface area contributed by atoms with Crippen molar-refractivity contribution in [3.8, 4) is 0 Å². The van der Waals surface area contributed by atoms with Crippen LogP contribution < -0.4 is 0 Å². The Kier molecular flexibility index (Phi) is 6.62. The third kappa shape index (κ3) is 4.83. The number of para-hydroxylation sites is 1. The highest BCUT2D eigenvalue weighted by molar-refractivity contribution is 5.85. The zero-order valence-corrected chi connectivity index (χ0v) is 21.1. The van der Waals surface area contributed by atoms with Gasteiger partial charge in [-0.2, -0.15) is 0 Å². The van der Waals surface area contributed by atoms with E-state index in [9.17, 15) is 4.39 Å². The highest BCUT2D eigenvalue weighted by atomic mass is 19.1. The van der Waals surface area contributed by atoms with E-state index in [2.05, 4.69) is 64.2 Å². The Hall–Kier alpha value is -2.44. The minimum atomic E-state index is -1.31. The van der Waals surface area contributed by atoms with Gasteiger partial charge in [0, 0.05) is 54.7 Å². The van der Waals surface area contributed by atoms with Gasteiger partial charge in [0.25, 0.3) is 0 Å². The second kappa shape index (κ2) is 9.55. The SMILES string of the molecule is C[C@@H]1Cc2c([nH]c3ccccc23)C2(C=CC=C(OCCN3CC(CF)C3)C=CC2)N1CC(C)(C)F. The van der Waals surface area contributed by atoms with Crippen molar-refractivity contribution in [2.75, 3.05) is 39.5 Å². The molecular weight excluding hydrogens is 444 g/mol. The highest BCUT2D eigenvalue weighted by Gasteiger charge is 2.46. The fourth-order valence-electron chi connectivity index (χ4n) is 5.95. The van der Waals surface area contributed by atoms with Gasteiger partial charge in [0.2, 0.25) is 0 Å². The van der Waals surface area contributed by atoms with Gasteiger partial charge in [-0.15, -0.1) is 0 Å². The summed E-state index contributed by atoms with van der Waals surface area (Å²) >= 11 is 0. The first-order chi connectivity index (χ1) is 16.8. The standard InChI is InChI=1S/C29H37F2N3O/c1-21-16-25-24-10-4-5-11-26(24)32-27(25)29(34(21)20-28(2,3)31)12-6-8-23(9-7-13-29)35-15-14-33-18-22(17-30)19-33/h4-12,21-22,32H,13-20H2,1-3H3/t21-,29?/m1/s1. The lowest BCUT2D eigenvalue weighted by atomic mass is 9.78. The maximum atomic E-state index is 15.0. The third-order valence-electron chi connectivity index (χ3n) is 7.61. The zero-order chi connectivity index (χ0) is 24.6. The number of aromatic nitrogens is 1. The van der Waals surface area contributed by atoms with Crippen molar-refractivity contribution < 1.29 is 13.5 Å². The summed E-state index contributed by atoms with van der Waals surface area (Å²) in [5, 5.41) is 1.26. The number of hydrogen-bond acceptors (Lipinski definition) is 3. The minimum absolute atomic E-state index is 0.193. The number of alkyl halides is 2. The Labute approximate surface area is 207 Å². The Balaban J connectivity index is 1.42. The summed E-state index contributed by atoms with van der Waals surface area (Å²) in [6, 6.07) is 8.64. The molecule has 1 fully saturated rings. The van der Waals surface area contributed by atoms with Crippen LogP contribution in [0.1, 0.15) is 38.4 Å². The Morgan fingerprint density at radius 1 is 1.23 bits per heavy atom. The molecule has 3 aliphatic rings. The zero-order valence-electron chi connectivity index (χ0n) is 21.1. The molecule has 6 heteroatoms. The number of nitrogens with one attached hydrogen (secondary N) is 1. The quantitative estimate of drug-likeness (QED) is 0.553. The predicted molar refractivity (Wildman–Crippen MR) is 138 cm³/mol. The second-order valence-electron chi connectivity index (χ2n) is 11.0. The van der Waals surface area contributed by atoms with Crippen molar-refractivity contribution in [1.82, 2.24) is 14.8 Å². The molecule has 1 aliphatic carbocycles. The topological polar surface area (TPSA) is 31.5 Å². The van der Waals surface area contributed by atoms with Crippen molar-refractivity contribution in [3.05, 3.63) is 71.7 Å². The molecule has 4 nitrogen and oxygen atoms in total. The number of H-pyrrole nitrogens is 1. The molecule has 0 saturated carbocycles. The first-order valence-electron chi connectivity index (χ1n) is 12.8. The number of aromatic amines is 1. The molecule has 1 N–H and O–H groups in total. The number of allylic oxidation sites excluding steroid dienone is 3. The van der Waals surface area contributed by atoms with Crippen LogP contribution in [0.15, 0.2) is 60.4 Å². The molecule has 5 rings (SSSR count). The summed E-state index contributed by atoms with van der Waals surface area (Å²) in [4.78, 5) is 8.26. The molecule has 2 aliphatic heterocycles. The molecule has 1 saturated heterocycles. The van der Waals surface area contributed by atoms with Crippen LogP contribution in [0.5, 0.6) is 0 Å². The third-order valence-corrected chi connectivity index (χ3v) is 7.61. The molecule has 1 aromatic carbocycles. The first-order valence-corrected chi connectivity index (χ1v) is 12.8. The van der Waals surface area contributed by atoms with E-state index in [1.807, 2.05) is 12.2 Å². The number of likely N-dealkylation sites (tertiary alicyclic amines) is 1. The van der Waals surface area contributed by atoms with Crippen molar-refractivity contribution in [2.45, 2.75) is 50.9 Å². The van der Waals surface area contributed by atoms with Crippen LogP contribution >= 0.6 is 0 Å². The molecule has 0 bridgehead atoms. The van der Waals surface area contributed by atoms with Crippen LogP contribution in [0.2, 0.25) is 0 Å². The van der Waals surface area contributed by atoms with Crippen LogP contribution in [0.4, 0.5) is 8.78 Å². The maximum absolute atomic E-state index is 15.0. The number of hydrogen-bond donors (Lipinski definition) is 1. The van der Waals surface area contributed by atoms with Gasteiger partial charge in [0.1, 0.15) is 18.0 Å².